The van der Waals surface area contributed by atoms with Crippen molar-refractivity contribution in [3.05, 3.63) is 23.8 Å². The Balaban J connectivity index is 1.80. The quantitative estimate of drug-likeness (QED) is 0.762. The molecular formula is C22H29FO3. The van der Waals surface area contributed by atoms with Crippen molar-refractivity contribution in [2.45, 2.75) is 58.5 Å². The Labute approximate surface area is 154 Å². The third-order valence-corrected chi connectivity index (χ3v) is 8.36. The fraction of sp³-hybridized carbons (Fsp3) is 0.727. The highest BCUT2D eigenvalue weighted by Crippen LogP contribution is 2.67. The summed E-state index contributed by atoms with van der Waals surface area (Å²) in [5.41, 5.74) is -1.50. The van der Waals surface area contributed by atoms with Gasteiger partial charge >= 0.3 is 0 Å². The van der Waals surface area contributed by atoms with Crippen LogP contribution in [0.5, 0.6) is 0 Å². The molecular weight excluding hydrogens is 331 g/mol. The Kier molecular flexibility index (Phi) is 3.90. The van der Waals surface area contributed by atoms with Crippen molar-refractivity contribution in [2.24, 2.45) is 34.5 Å². The lowest BCUT2D eigenvalue weighted by molar-refractivity contribution is -0.131. The fourth-order valence-corrected chi connectivity index (χ4v) is 7.00. The molecule has 0 radical (unpaired) electrons. The molecule has 0 bridgehead atoms. The molecule has 4 heteroatoms. The summed E-state index contributed by atoms with van der Waals surface area (Å²) >= 11 is 0. The van der Waals surface area contributed by atoms with Crippen LogP contribution in [-0.4, -0.2) is 28.9 Å². The van der Waals surface area contributed by atoms with E-state index in [0.717, 1.165) is 24.8 Å². The Morgan fingerprint density at radius 1 is 1.27 bits per heavy atom. The number of hydrogen-bond acceptors (Lipinski definition) is 3. The predicted molar refractivity (Wildman–Crippen MR) is 97.1 cm³/mol. The van der Waals surface area contributed by atoms with Crippen molar-refractivity contribution in [1.82, 2.24) is 0 Å². The minimum atomic E-state index is -1.46. The van der Waals surface area contributed by atoms with Crippen molar-refractivity contribution in [2.75, 3.05) is 6.61 Å². The summed E-state index contributed by atoms with van der Waals surface area (Å²) < 4.78 is 16.6. The Morgan fingerprint density at radius 2 is 2.00 bits per heavy atom. The number of allylic oxidation sites excluding steroid dienone is 4. The number of aliphatic hydroxyl groups excluding tert-OH is 1. The van der Waals surface area contributed by atoms with E-state index in [-0.39, 0.29) is 40.7 Å². The molecule has 142 valence electrons. The second kappa shape index (κ2) is 5.60. The van der Waals surface area contributed by atoms with Crippen molar-refractivity contribution < 1.29 is 19.1 Å². The van der Waals surface area contributed by atoms with Crippen LogP contribution in [0.15, 0.2) is 23.8 Å². The van der Waals surface area contributed by atoms with E-state index < -0.39 is 17.7 Å². The molecule has 4 aliphatic rings. The first-order valence-corrected chi connectivity index (χ1v) is 9.94. The fourth-order valence-electron chi connectivity index (χ4n) is 7.00. The van der Waals surface area contributed by atoms with Crippen molar-refractivity contribution in [3.63, 3.8) is 0 Å². The summed E-state index contributed by atoms with van der Waals surface area (Å²) in [6.07, 6.45) is 8.66. The number of carbonyl (C=O) groups is 2. The lowest BCUT2D eigenvalue weighted by Crippen LogP contribution is -2.58. The molecule has 2 saturated carbocycles. The van der Waals surface area contributed by atoms with Gasteiger partial charge in [-0.25, -0.2) is 4.39 Å². The highest BCUT2D eigenvalue weighted by atomic mass is 19.1. The summed E-state index contributed by atoms with van der Waals surface area (Å²) in [6, 6.07) is 0. The molecule has 3 nitrogen and oxygen atoms in total. The molecule has 7 atom stereocenters. The van der Waals surface area contributed by atoms with Crippen molar-refractivity contribution in [3.8, 4) is 0 Å². The van der Waals surface area contributed by atoms with Gasteiger partial charge < -0.3 is 5.11 Å². The van der Waals surface area contributed by atoms with Gasteiger partial charge in [0.15, 0.2) is 11.6 Å². The number of ketones is 2. The van der Waals surface area contributed by atoms with Gasteiger partial charge in [-0.3, -0.25) is 9.59 Å². The molecule has 1 N–H and O–H groups in total. The van der Waals surface area contributed by atoms with Gasteiger partial charge in [-0.1, -0.05) is 32.4 Å². The zero-order valence-corrected chi connectivity index (χ0v) is 15.9. The molecule has 26 heavy (non-hydrogen) atoms. The number of Topliss-reactive ketones (excluding diaryl/α,β-unsaturated/α-hetero) is 1. The molecule has 0 aromatic carbocycles. The van der Waals surface area contributed by atoms with Gasteiger partial charge in [-0.15, -0.1) is 0 Å². The Bertz CT molecular complexity index is 725. The molecule has 0 heterocycles. The number of fused-ring (bicyclic) bond motifs is 5. The summed E-state index contributed by atoms with van der Waals surface area (Å²) in [7, 11) is 0. The van der Waals surface area contributed by atoms with Crippen LogP contribution in [-0.2, 0) is 9.59 Å². The standard InChI is InChI=1S/C22H29FO3/c1-13-10-17-16-5-4-14-11-15(25)6-7-21(14,3)22(16,23)9-8-20(17,2)19(13)18(26)12-24/h8-9,11,13,16-17,19,24H,4-7,10,12H2,1-3H3/t13?,16-,17-,19+,20-,21-,22+/m0/s1. The van der Waals surface area contributed by atoms with Crippen LogP contribution in [0.2, 0.25) is 0 Å². The largest absolute Gasteiger partial charge is 0.389 e. The predicted octanol–water partition coefficient (Wildman–Crippen LogP) is 3.81. The number of rotatable bonds is 2. The smallest absolute Gasteiger partial charge is 0.162 e. The van der Waals surface area contributed by atoms with Crippen molar-refractivity contribution in [1.29, 1.82) is 0 Å². The van der Waals surface area contributed by atoms with Crippen LogP contribution >= 0.6 is 0 Å². The van der Waals surface area contributed by atoms with Crippen molar-refractivity contribution >= 4 is 11.6 Å². The first kappa shape index (κ1) is 18.1. The van der Waals surface area contributed by atoms with E-state index in [1.54, 1.807) is 12.2 Å². The number of aliphatic hydroxyl groups is 1. The average molecular weight is 360 g/mol. The monoisotopic (exact) mass is 360 g/mol. The first-order valence-electron chi connectivity index (χ1n) is 9.94. The van der Waals surface area contributed by atoms with E-state index in [0.29, 0.717) is 12.8 Å². The highest BCUT2D eigenvalue weighted by molar-refractivity contribution is 5.91. The molecule has 0 aliphatic heterocycles. The van der Waals surface area contributed by atoms with Crippen LogP contribution in [0, 0.1) is 34.5 Å². The molecule has 2 fully saturated rings. The minimum absolute atomic E-state index is 0.101. The van der Waals surface area contributed by atoms with E-state index >= 15 is 4.39 Å². The topological polar surface area (TPSA) is 54.4 Å². The second-order valence-corrected chi connectivity index (χ2v) is 9.50. The lowest BCUT2D eigenvalue weighted by Gasteiger charge is -2.58. The van der Waals surface area contributed by atoms with Gasteiger partial charge in [0.25, 0.3) is 0 Å². The number of hydrogen-bond donors (Lipinski definition) is 1. The third kappa shape index (κ3) is 2.08. The van der Waals surface area contributed by atoms with Gasteiger partial charge in [-0.05, 0) is 55.1 Å². The van der Waals surface area contributed by atoms with Gasteiger partial charge in [0.05, 0.1) is 0 Å². The normalized spacial score (nSPS) is 49.9. The second-order valence-electron chi connectivity index (χ2n) is 9.50. The number of alkyl halides is 1. The summed E-state index contributed by atoms with van der Waals surface area (Å²) in [5, 5.41) is 9.43. The van der Waals surface area contributed by atoms with Crippen LogP contribution in [0.4, 0.5) is 4.39 Å². The van der Waals surface area contributed by atoms with Gasteiger partial charge in [-0.2, -0.15) is 0 Å². The van der Waals surface area contributed by atoms with E-state index in [1.165, 1.54) is 0 Å². The molecule has 0 aromatic rings. The molecule has 4 aliphatic carbocycles. The van der Waals surface area contributed by atoms with E-state index in [4.69, 9.17) is 0 Å². The van der Waals surface area contributed by atoms with E-state index in [9.17, 15) is 14.7 Å². The molecule has 4 rings (SSSR count). The highest BCUT2D eigenvalue weighted by Gasteiger charge is 2.66. The Hall–Kier alpha value is -1.29. The van der Waals surface area contributed by atoms with Gasteiger partial charge in [0.2, 0.25) is 0 Å². The summed E-state index contributed by atoms with van der Waals surface area (Å²) in [4.78, 5) is 24.3. The Morgan fingerprint density at radius 3 is 2.69 bits per heavy atom. The minimum Gasteiger partial charge on any atom is -0.389 e. The zero-order chi connectivity index (χ0) is 18.9. The van der Waals surface area contributed by atoms with Gasteiger partial charge in [0.1, 0.15) is 12.3 Å². The van der Waals surface area contributed by atoms with Crippen LogP contribution < -0.4 is 0 Å². The molecule has 0 saturated heterocycles. The number of halogens is 1. The lowest BCUT2D eigenvalue weighted by atomic mass is 9.47. The number of carbonyl (C=O) groups excluding carboxylic acids is 2. The third-order valence-electron chi connectivity index (χ3n) is 8.36. The summed E-state index contributed by atoms with van der Waals surface area (Å²) in [5.74, 6) is -0.127. The maximum absolute atomic E-state index is 16.6. The van der Waals surface area contributed by atoms with Crippen LogP contribution in [0.1, 0.15) is 52.9 Å². The SMILES string of the molecule is CC1C[C@H]2[C@@H]3CCC4=CC(=O)CC[C@]4(C)[C@@]3(F)C=C[C@]2(C)[C@H]1C(=O)CO. The maximum Gasteiger partial charge on any atom is 0.162 e. The average Bonchev–Trinajstić information content (AvgIpc) is 2.86. The molecule has 0 aromatic heterocycles. The first-order chi connectivity index (χ1) is 12.2. The molecule has 0 spiro atoms. The van der Waals surface area contributed by atoms with Crippen LogP contribution in [0.25, 0.3) is 0 Å². The summed E-state index contributed by atoms with van der Waals surface area (Å²) in [6.45, 7) is 5.68. The maximum atomic E-state index is 16.6. The van der Waals surface area contributed by atoms with E-state index in [2.05, 4.69) is 13.8 Å². The van der Waals surface area contributed by atoms with E-state index in [1.807, 2.05) is 13.0 Å². The van der Waals surface area contributed by atoms with Gasteiger partial charge in [0, 0.05) is 23.7 Å². The molecule has 0 amide bonds. The molecule has 1 unspecified atom stereocenters. The zero-order valence-electron chi connectivity index (χ0n) is 15.9. The van der Waals surface area contributed by atoms with Crippen LogP contribution in [0.3, 0.4) is 0 Å².